The molecule has 208 valence electrons. The molecule has 0 radical (unpaired) electrons. The van der Waals surface area contributed by atoms with Gasteiger partial charge in [-0.15, -0.1) is 0 Å². The van der Waals surface area contributed by atoms with Gasteiger partial charge >= 0.3 is 5.97 Å². The van der Waals surface area contributed by atoms with Crippen LogP contribution in [0.3, 0.4) is 0 Å². The minimum Gasteiger partial charge on any atom is -0.462 e. The highest BCUT2D eigenvalue weighted by Crippen LogP contribution is 2.22. The van der Waals surface area contributed by atoms with Gasteiger partial charge in [0.1, 0.15) is 25.0 Å². The average Bonchev–Trinajstić information content (AvgIpc) is 2.82. The van der Waals surface area contributed by atoms with Crippen molar-refractivity contribution >= 4 is 11.8 Å². The summed E-state index contributed by atoms with van der Waals surface area (Å²) in [5.74, 6) is 0.141. The second kappa shape index (κ2) is 19.2. The molecule has 0 aromatic rings. The van der Waals surface area contributed by atoms with E-state index in [0.717, 1.165) is 30.4 Å². The van der Waals surface area contributed by atoms with Crippen LogP contribution in [0.1, 0.15) is 125 Å². The highest BCUT2D eigenvalue weighted by molar-refractivity contribution is 5.80. The molecule has 0 aromatic carbocycles. The van der Waals surface area contributed by atoms with E-state index in [0.29, 0.717) is 13.0 Å². The van der Waals surface area contributed by atoms with Crippen LogP contribution in [0.25, 0.3) is 0 Å². The average molecular weight is 499 g/mol. The fraction of sp³-hybridized carbons (Fsp3) is 0.933. The Balaban J connectivity index is 4.56. The number of quaternary nitrogens is 1. The van der Waals surface area contributed by atoms with Crippen LogP contribution in [-0.4, -0.2) is 62.7 Å². The molecule has 0 rings (SSSR count). The van der Waals surface area contributed by atoms with Crippen molar-refractivity contribution in [3.8, 4) is 0 Å². The Hall–Kier alpha value is -0.940. The van der Waals surface area contributed by atoms with E-state index in [2.05, 4.69) is 21.0 Å². The zero-order valence-corrected chi connectivity index (χ0v) is 24.8. The first-order chi connectivity index (χ1) is 16.5. The molecule has 0 fully saturated rings. The third-order valence-corrected chi connectivity index (χ3v) is 7.52. The largest absolute Gasteiger partial charge is 0.462 e. The summed E-state index contributed by atoms with van der Waals surface area (Å²) in [4.78, 5) is 24.7. The topological polar surface area (TPSA) is 52.6 Å². The summed E-state index contributed by atoms with van der Waals surface area (Å²) in [5, 5.41) is 0. The van der Waals surface area contributed by atoms with E-state index < -0.39 is 5.41 Å². The monoisotopic (exact) mass is 498 g/mol. The lowest BCUT2D eigenvalue weighted by atomic mass is 9.91. The summed E-state index contributed by atoms with van der Waals surface area (Å²) >= 11 is 0. The zero-order chi connectivity index (χ0) is 26.7. The molecule has 5 heteroatoms. The SMILES string of the molecule is CCCCCCCCCCCC[N+](C)(C)CC(COC(=O)C(C)(C)CC)OCCC(=O)C(C)CC. The van der Waals surface area contributed by atoms with Crippen LogP contribution in [0.15, 0.2) is 0 Å². The number of likely N-dealkylation sites (N-methyl/N-ethyl adjacent to an activating group) is 1. The van der Waals surface area contributed by atoms with Crippen LogP contribution < -0.4 is 0 Å². The number of carbonyl (C=O) groups is 2. The van der Waals surface area contributed by atoms with Crippen molar-refractivity contribution in [2.45, 2.75) is 131 Å². The summed E-state index contributed by atoms with van der Waals surface area (Å²) < 4.78 is 12.6. The summed E-state index contributed by atoms with van der Waals surface area (Å²) in [5.41, 5.74) is -0.489. The predicted octanol–water partition coefficient (Wildman–Crippen LogP) is 7.35. The molecule has 2 unspecified atom stereocenters. The van der Waals surface area contributed by atoms with Gasteiger partial charge in [-0.2, -0.15) is 0 Å². The Kier molecular flexibility index (Phi) is 18.7. The molecule has 2 atom stereocenters. The first kappa shape index (κ1) is 34.1. The van der Waals surface area contributed by atoms with Crippen LogP contribution in [0, 0.1) is 11.3 Å². The Morgan fingerprint density at radius 2 is 1.40 bits per heavy atom. The molecule has 0 aliphatic rings. The van der Waals surface area contributed by atoms with Gasteiger partial charge < -0.3 is 14.0 Å². The number of unbranched alkanes of at least 4 members (excludes halogenated alkanes) is 9. The molecule has 0 aliphatic carbocycles. The highest BCUT2D eigenvalue weighted by atomic mass is 16.6. The highest BCUT2D eigenvalue weighted by Gasteiger charge is 2.30. The van der Waals surface area contributed by atoms with Crippen LogP contribution >= 0.6 is 0 Å². The first-order valence-electron chi connectivity index (χ1n) is 14.6. The molecule has 5 nitrogen and oxygen atoms in total. The number of Topliss-reactive ketones (excluding diaryl/α,β-unsaturated/α-hetero) is 1. The summed E-state index contributed by atoms with van der Waals surface area (Å²) in [6.45, 7) is 14.6. The van der Waals surface area contributed by atoms with Gasteiger partial charge in [0, 0.05) is 12.3 Å². The minimum atomic E-state index is -0.489. The predicted molar refractivity (Wildman–Crippen MR) is 148 cm³/mol. The van der Waals surface area contributed by atoms with Gasteiger partial charge in [0.25, 0.3) is 0 Å². The first-order valence-corrected chi connectivity index (χ1v) is 14.6. The Morgan fingerprint density at radius 1 is 0.857 bits per heavy atom. The number of rotatable bonds is 23. The molecule has 0 bridgehead atoms. The Labute approximate surface area is 218 Å². The number of esters is 1. The maximum absolute atomic E-state index is 12.5. The Bertz CT molecular complexity index is 559. The molecule has 0 N–H and O–H groups in total. The third-order valence-electron chi connectivity index (χ3n) is 7.52. The molecule has 35 heavy (non-hydrogen) atoms. The van der Waals surface area contributed by atoms with Crippen molar-refractivity contribution in [1.82, 2.24) is 0 Å². The number of ketones is 1. The summed E-state index contributed by atoms with van der Waals surface area (Å²) in [7, 11) is 4.46. The molecule has 0 spiro atoms. The van der Waals surface area contributed by atoms with E-state index in [1.54, 1.807) is 0 Å². The second-order valence-electron chi connectivity index (χ2n) is 11.9. The van der Waals surface area contributed by atoms with Crippen LogP contribution in [0.4, 0.5) is 0 Å². The standard InChI is InChI=1S/C30H60NO4/c1-9-12-13-14-15-16-17-18-19-20-22-31(7,8)24-27(25-35-29(33)30(5,6)11-3)34-23-21-28(32)26(4)10-2/h26-27H,9-25H2,1-8H3/q+1. The number of carbonyl (C=O) groups excluding carboxylic acids is 2. The molecular weight excluding hydrogens is 438 g/mol. The van der Waals surface area contributed by atoms with Gasteiger partial charge in [0.2, 0.25) is 0 Å². The van der Waals surface area contributed by atoms with E-state index >= 15 is 0 Å². The molecule has 0 saturated carbocycles. The van der Waals surface area contributed by atoms with Gasteiger partial charge in [-0.05, 0) is 39.5 Å². The normalized spacial score (nSPS) is 14.1. The van der Waals surface area contributed by atoms with Gasteiger partial charge in [-0.1, -0.05) is 79.1 Å². The lowest BCUT2D eigenvalue weighted by Crippen LogP contribution is -2.48. The van der Waals surface area contributed by atoms with E-state index in [-0.39, 0.29) is 30.4 Å². The minimum absolute atomic E-state index is 0.0730. The van der Waals surface area contributed by atoms with Crippen molar-refractivity contribution in [1.29, 1.82) is 0 Å². The molecule has 0 amide bonds. The van der Waals surface area contributed by atoms with Crippen LogP contribution in [0.2, 0.25) is 0 Å². The maximum atomic E-state index is 12.5. The van der Waals surface area contributed by atoms with Crippen molar-refractivity contribution in [3.05, 3.63) is 0 Å². The van der Waals surface area contributed by atoms with Gasteiger partial charge in [0.15, 0.2) is 0 Å². The fourth-order valence-electron chi connectivity index (χ4n) is 4.13. The quantitative estimate of drug-likeness (QED) is 0.0839. The third kappa shape index (κ3) is 17.2. The van der Waals surface area contributed by atoms with Gasteiger partial charge in [-0.25, -0.2) is 0 Å². The number of nitrogens with zero attached hydrogens (tertiary/aromatic N) is 1. The van der Waals surface area contributed by atoms with Crippen molar-refractivity contribution in [3.63, 3.8) is 0 Å². The summed E-state index contributed by atoms with van der Waals surface area (Å²) in [6, 6.07) is 0. The number of hydrogen-bond acceptors (Lipinski definition) is 4. The molecule has 0 aromatic heterocycles. The second-order valence-corrected chi connectivity index (χ2v) is 11.9. The van der Waals surface area contributed by atoms with E-state index in [1.165, 1.54) is 64.2 Å². The number of hydrogen-bond donors (Lipinski definition) is 0. The maximum Gasteiger partial charge on any atom is 0.311 e. The van der Waals surface area contributed by atoms with E-state index in [1.807, 2.05) is 34.6 Å². The Morgan fingerprint density at radius 3 is 1.91 bits per heavy atom. The molecular formula is C30H60NO4+. The van der Waals surface area contributed by atoms with Crippen molar-refractivity contribution < 1.29 is 23.5 Å². The summed E-state index contributed by atoms with van der Waals surface area (Å²) in [6.07, 6.45) is 15.2. The molecule has 0 aliphatic heterocycles. The molecule has 0 saturated heterocycles. The lowest BCUT2D eigenvalue weighted by Gasteiger charge is -2.34. The van der Waals surface area contributed by atoms with Gasteiger partial charge in [0.05, 0.1) is 32.7 Å². The number of ether oxygens (including phenoxy) is 2. The van der Waals surface area contributed by atoms with Crippen LogP contribution in [-0.2, 0) is 19.1 Å². The van der Waals surface area contributed by atoms with Crippen molar-refractivity contribution in [2.24, 2.45) is 11.3 Å². The lowest BCUT2D eigenvalue weighted by molar-refractivity contribution is -0.893. The molecule has 0 heterocycles. The van der Waals surface area contributed by atoms with Crippen LogP contribution in [0.5, 0.6) is 0 Å². The van der Waals surface area contributed by atoms with E-state index in [4.69, 9.17) is 9.47 Å². The smallest absolute Gasteiger partial charge is 0.311 e. The fourth-order valence-corrected chi connectivity index (χ4v) is 4.13. The van der Waals surface area contributed by atoms with Gasteiger partial charge in [-0.3, -0.25) is 9.59 Å². The van der Waals surface area contributed by atoms with E-state index in [9.17, 15) is 9.59 Å². The van der Waals surface area contributed by atoms with Crippen molar-refractivity contribution in [2.75, 3.05) is 40.4 Å². The zero-order valence-electron chi connectivity index (χ0n) is 24.8.